The normalized spacial score (nSPS) is 16.9. The van der Waals surface area contributed by atoms with Gasteiger partial charge in [-0.15, -0.1) is 11.3 Å². The van der Waals surface area contributed by atoms with Gasteiger partial charge in [0.1, 0.15) is 0 Å². The first-order valence-electron chi connectivity index (χ1n) is 8.06. The first-order valence-corrected chi connectivity index (χ1v) is 9.31. The number of thiophene rings is 1. The molecule has 1 aromatic carbocycles. The van der Waals surface area contributed by atoms with Crippen molar-refractivity contribution in [1.82, 2.24) is 10.2 Å². The largest absolute Gasteiger partial charge is 0.350 e. The lowest BCUT2D eigenvalue weighted by Crippen LogP contribution is -2.40. The molecule has 2 aromatic rings. The van der Waals surface area contributed by atoms with E-state index in [2.05, 4.69) is 27.7 Å². The van der Waals surface area contributed by atoms with Crippen LogP contribution in [0, 0.1) is 0 Å². The molecule has 0 bridgehead atoms. The molecule has 1 amide bonds. The van der Waals surface area contributed by atoms with E-state index < -0.39 is 0 Å². The van der Waals surface area contributed by atoms with Crippen molar-refractivity contribution in [3.05, 3.63) is 57.2 Å². The fraction of sp³-hybridized carbons (Fsp3) is 0.389. The second-order valence-electron chi connectivity index (χ2n) is 5.82. The molecular formula is C18H21ClN2OS. The lowest BCUT2D eigenvalue weighted by molar-refractivity contribution is 0.0926. The molecule has 0 spiro atoms. The van der Waals surface area contributed by atoms with Gasteiger partial charge in [-0.1, -0.05) is 36.2 Å². The van der Waals surface area contributed by atoms with Gasteiger partial charge >= 0.3 is 0 Å². The number of benzene rings is 1. The van der Waals surface area contributed by atoms with Crippen molar-refractivity contribution < 1.29 is 4.79 Å². The topological polar surface area (TPSA) is 32.3 Å². The molecule has 1 saturated heterocycles. The van der Waals surface area contributed by atoms with Crippen LogP contribution in [-0.4, -0.2) is 30.4 Å². The molecule has 23 heavy (non-hydrogen) atoms. The summed E-state index contributed by atoms with van der Waals surface area (Å²) in [6.45, 7) is 2.82. The summed E-state index contributed by atoms with van der Waals surface area (Å²) in [5.41, 5.74) is 0.540. The molecule has 1 atom stereocenters. The van der Waals surface area contributed by atoms with Crippen LogP contribution in [0.5, 0.6) is 0 Å². The number of rotatable bonds is 5. The Morgan fingerprint density at radius 2 is 1.96 bits per heavy atom. The van der Waals surface area contributed by atoms with E-state index in [9.17, 15) is 4.79 Å². The van der Waals surface area contributed by atoms with E-state index >= 15 is 0 Å². The number of hydrogen-bond donors (Lipinski definition) is 1. The molecule has 0 aliphatic carbocycles. The van der Waals surface area contributed by atoms with Gasteiger partial charge in [0.15, 0.2) is 0 Å². The zero-order chi connectivity index (χ0) is 16.1. The Hall–Kier alpha value is -1.36. The summed E-state index contributed by atoms with van der Waals surface area (Å²) in [7, 11) is 0. The van der Waals surface area contributed by atoms with E-state index in [0.29, 0.717) is 17.1 Å². The summed E-state index contributed by atoms with van der Waals surface area (Å²) in [4.78, 5) is 16.2. The third-order valence-corrected chi connectivity index (χ3v) is 5.58. The highest BCUT2D eigenvalue weighted by Gasteiger charge is 2.24. The molecule has 122 valence electrons. The average molecular weight is 349 g/mol. The highest BCUT2D eigenvalue weighted by Crippen LogP contribution is 2.27. The van der Waals surface area contributed by atoms with Crippen molar-refractivity contribution >= 4 is 28.8 Å². The minimum absolute atomic E-state index is 0.103. The van der Waals surface area contributed by atoms with Crippen LogP contribution in [0.15, 0.2) is 41.8 Å². The quantitative estimate of drug-likeness (QED) is 0.870. The van der Waals surface area contributed by atoms with Gasteiger partial charge in [-0.3, -0.25) is 9.69 Å². The number of carbonyl (C=O) groups is 1. The number of hydrogen-bond acceptors (Lipinski definition) is 3. The predicted octanol–water partition coefficient (Wildman–Crippen LogP) is 4.36. The maximum Gasteiger partial charge on any atom is 0.252 e. The van der Waals surface area contributed by atoms with Crippen molar-refractivity contribution in [1.29, 1.82) is 0 Å². The van der Waals surface area contributed by atoms with Gasteiger partial charge in [0.2, 0.25) is 0 Å². The van der Waals surface area contributed by atoms with Crippen molar-refractivity contribution in [3.63, 3.8) is 0 Å². The van der Waals surface area contributed by atoms with Crippen LogP contribution in [-0.2, 0) is 0 Å². The molecular weight excluding hydrogens is 328 g/mol. The Bertz CT molecular complexity index is 638. The lowest BCUT2D eigenvalue weighted by atomic mass is 10.1. The highest BCUT2D eigenvalue weighted by atomic mass is 35.5. The fourth-order valence-corrected chi connectivity index (χ4v) is 4.13. The minimum atomic E-state index is -0.103. The molecule has 0 unspecified atom stereocenters. The second-order valence-corrected chi connectivity index (χ2v) is 7.20. The van der Waals surface area contributed by atoms with Gasteiger partial charge in [-0.2, -0.15) is 0 Å². The molecule has 1 aliphatic rings. The molecule has 1 fully saturated rings. The molecule has 1 aromatic heterocycles. The third-order valence-electron chi connectivity index (χ3n) is 4.28. The monoisotopic (exact) mass is 348 g/mol. The predicted molar refractivity (Wildman–Crippen MR) is 96.3 cm³/mol. The van der Waals surface area contributed by atoms with Crippen LogP contribution in [0.2, 0.25) is 5.02 Å². The first-order chi connectivity index (χ1) is 11.3. The number of likely N-dealkylation sites (tertiary alicyclic amines) is 1. The van der Waals surface area contributed by atoms with Crippen molar-refractivity contribution in [2.24, 2.45) is 0 Å². The van der Waals surface area contributed by atoms with Crippen LogP contribution in [0.4, 0.5) is 0 Å². The molecule has 0 saturated carbocycles. The van der Waals surface area contributed by atoms with E-state index in [1.54, 1.807) is 23.5 Å². The van der Waals surface area contributed by atoms with Crippen LogP contribution < -0.4 is 5.32 Å². The molecule has 2 heterocycles. The van der Waals surface area contributed by atoms with Gasteiger partial charge in [0, 0.05) is 11.4 Å². The van der Waals surface area contributed by atoms with Crippen LogP contribution >= 0.6 is 22.9 Å². The zero-order valence-electron chi connectivity index (χ0n) is 13.0. The molecule has 0 radical (unpaired) electrons. The molecule has 5 heteroatoms. The van der Waals surface area contributed by atoms with Gasteiger partial charge < -0.3 is 5.32 Å². The van der Waals surface area contributed by atoms with Crippen LogP contribution in [0.3, 0.4) is 0 Å². The number of amides is 1. The Balaban J connectivity index is 1.69. The summed E-state index contributed by atoms with van der Waals surface area (Å²) >= 11 is 7.87. The number of halogens is 1. The standard InChI is InChI=1S/C18H21ClN2OS/c19-15-8-3-2-7-14(15)18(22)20-13-16(17-9-6-12-23-17)21-10-4-1-5-11-21/h2-3,6-9,12,16H,1,4-5,10-11,13H2,(H,20,22)/t16-/m0/s1. The van der Waals surface area contributed by atoms with E-state index in [-0.39, 0.29) is 11.9 Å². The van der Waals surface area contributed by atoms with Gasteiger partial charge in [0.05, 0.1) is 16.6 Å². The highest BCUT2D eigenvalue weighted by molar-refractivity contribution is 7.10. The van der Waals surface area contributed by atoms with Crippen molar-refractivity contribution in [2.75, 3.05) is 19.6 Å². The maximum absolute atomic E-state index is 12.4. The van der Waals surface area contributed by atoms with E-state index in [1.165, 1.54) is 24.1 Å². The van der Waals surface area contributed by atoms with Gasteiger partial charge in [-0.25, -0.2) is 0 Å². The van der Waals surface area contributed by atoms with E-state index in [4.69, 9.17) is 11.6 Å². The maximum atomic E-state index is 12.4. The summed E-state index contributed by atoms with van der Waals surface area (Å²) < 4.78 is 0. The van der Waals surface area contributed by atoms with E-state index in [1.807, 2.05) is 12.1 Å². The summed E-state index contributed by atoms with van der Waals surface area (Å²) in [5, 5.41) is 5.66. The third kappa shape index (κ3) is 4.14. The molecule has 1 aliphatic heterocycles. The van der Waals surface area contributed by atoms with Crippen LogP contribution in [0.25, 0.3) is 0 Å². The number of nitrogens with one attached hydrogen (secondary N) is 1. The number of nitrogens with zero attached hydrogens (tertiary/aromatic N) is 1. The Morgan fingerprint density at radius 1 is 1.17 bits per heavy atom. The number of piperidine rings is 1. The van der Waals surface area contributed by atoms with Gasteiger partial charge in [0.25, 0.3) is 5.91 Å². The Labute approximate surface area is 146 Å². The molecule has 3 nitrogen and oxygen atoms in total. The average Bonchev–Trinajstić information content (AvgIpc) is 3.10. The molecule has 1 N–H and O–H groups in total. The lowest BCUT2D eigenvalue weighted by Gasteiger charge is -2.34. The Morgan fingerprint density at radius 3 is 2.65 bits per heavy atom. The van der Waals surface area contributed by atoms with Crippen LogP contribution in [0.1, 0.15) is 40.5 Å². The summed E-state index contributed by atoms with van der Waals surface area (Å²) in [6, 6.07) is 11.7. The second kappa shape index (κ2) is 7.95. The van der Waals surface area contributed by atoms with E-state index in [0.717, 1.165) is 13.1 Å². The summed E-state index contributed by atoms with van der Waals surface area (Å²) in [5.74, 6) is -0.103. The fourth-order valence-electron chi connectivity index (χ4n) is 3.05. The smallest absolute Gasteiger partial charge is 0.252 e. The SMILES string of the molecule is O=C(NC[C@@H](c1cccs1)N1CCCCC1)c1ccccc1Cl. The van der Waals surface area contributed by atoms with Gasteiger partial charge in [-0.05, 0) is 49.5 Å². The first kappa shape index (κ1) is 16.5. The minimum Gasteiger partial charge on any atom is -0.350 e. The molecule has 3 rings (SSSR count). The number of carbonyl (C=O) groups excluding carboxylic acids is 1. The zero-order valence-corrected chi connectivity index (χ0v) is 14.6. The van der Waals surface area contributed by atoms with Crippen molar-refractivity contribution in [3.8, 4) is 0 Å². The van der Waals surface area contributed by atoms with Crippen molar-refractivity contribution in [2.45, 2.75) is 25.3 Å². The summed E-state index contributed by atoms with van der Waals surface area (Å²) in [6.07, 6.45) is 3.78. The Kier molecular flexibility index (Phi) is 5.70.